The van der Waals surface area contributed by atoms with E-state index in [0.717, 1.165) is 19.3 Å². The Balaban J connectivity index is 1.78. The van der Waals surface area contributed by atoms with Gasteiger partial charge in [0, 0.05) is 6.54 Å². The molecule has 1 aromatic carbocycles. The van der Waals surface area contributed by atoms with Crippen LogP contribution in [0.25, 0.3) is 0 Å². The maximum atomic E-state index is 12.2. The van der Waals surface area contributed by atoms with E-state index in [9.17, 15) is 9.59 Å². The molecule has 6 heteroatoms. The van der Waals surface area contributed by atoms with Crippen molar-refractivity contribution in [2.75, 3.05) is 20.3 Å². The molecule has 6 nitrogen and oxygen atoms in total. The van der Waals surface area contributed by atoms with Gasteiger partial charge < -0.3 is 19.5 Å². The van der Waals surface area contributed by atoms with Gasteiger partial charge in [0.1, 0.15) is 0 Å². The van der Waals surface area contributed by atoms with Crippen LogP contribution in [0.3, 0.4) is 0 Å². The Labute approximate surface area is 160 Å². The quantitative estimate of drug-likeness (QED) is 0.527. The second kappa shape index (κ2) is 10.6. The van der Waals surface area contributed by atoms with Gasteiger partial charge in [-0.25, -0.2) is 4.79 Å². The van der Waals surface area contributed by atoms with Crippen LogP contribution in [0.4, 0.5) is 0 Å². The predicted octanol–water partition coefficient (Wildman–Crippen LogP) is 3.65. The summed E-state index contributed by atoms with van der Waals surface area (Å²) in [6, 6.07) is 4.80. The fraction of sp³-hybridized carbons (Fsp3) is 0.524. The van der Waals surface area contributed by atoms with Crippen LogP contribution in [0, 0.1) is 0 Å². The fourth-order valence-electron chi connectivity index (χ4n) is 2.91. The molecule has 2 rings (SSSR count). The highest BCUT2D eigenvalue weighted by molar-refractivity contribution is 5.92. The van der Waals surface area contributed by atoms with E-state index in [-0.39, 0.29) is 18.6 Å². The summed E-state index contributed by atoms with van der Waals surface area (Å²) in [4.78, 5) is 24.0. The zero-order valence-corrected chi connectivity index (χ0v) is 16.4. The zero-order valence-electron chi connectivity index (χ0n) is 16.4. The summed E-state index contributed by atoms with van der Waals surface area (Å²) in [6.07, 6.45) is 7.83. The average molecular weight is 375 g/mol. The summed E-state index contributed by atoms with van der Waals surface area (Å²) in [5, 5.41) is 2.79. The van der Waals surface area contributed by atoms with E-state index in [1.54, 1.807) is 18.2 Å². The largest absolute Gasteiger partial charge is 0.493 e. The van der Waals surface area contributed by atoms with Crippen LogP contribution in [0.2, 0.25) is 0 Å². The molecule has 148 valence electrons. The van der Waals surface area contributed by atoms with Crippen molar-refractivity contribution >= 4 is 11.9 Å². The second-order valence-corrected chi connectivity index (χ2v) is 6.82. The molecule has 0 atom stereocenters. The fourth-order valence-corrected chi connectivity index (χ4v) is 2.91. The number of esters is 1. The number of hydrogen-bond donors (Lipinski definition) is 1. The van der Waals surface area contributed by atoms with Crippen molar-refractivity contribution in [1.82, 2.24) is 5.32 Å². The Bertz CT molecular complexity index is 681. The van der Waals surface area contributed by atoms with E-state index in [2.05, 4.69) is 11.4 Å². The molecular weight excluding hydrogens is 346 g/mol. The Hall–Kier alpha value is -2.50. The number of nitrogens with one attached hydrogen (secondary N) is 1. The van der Waals surface area contributed by atoms with Gasteiger partial charge in [-0.15, -0.1) is 0 Å². The van der Waals surface area contributed by atoms with Crippen LogP contribution in [-0.4, -0.2) is 38.2 Å². The SMILES string of the molecule is COc1cc(C(=O)OCC(=O)NCCC2=CCCCC2)ccc1OC(C)C. The van der Waals surface area contributed by atoms with Gasteiger partial charge in [-0.3, -0.25) is 4.79 Å². The van der Waals surface area contributed by atoms with Gasteiger partial charge in [0.15, 0.2) is 18.1 Å². The molecule has 0 unspecified atom stereocenters. The van der Waals surface area contributed by atoms with Crippen molar-refractivity contribution < 1.29 is 23.8 Å². The monoisotopic (exact) mass is 375 g/mol. The number of ether oxygens (including phenoxy) is 3. The topological polar surface area (TPSA) is 73.9 Å². The lowest BCUT2D eigenvalue weighted by atomic mass is 9.97. The van der Waals surface area contributed by atoms with Crippen LogP contribution in [0.15, 0.2) is 29.8 Å². The van der Waals surface area contributed by atoms with Gasteiger partial charge in [-0.1, -0.05) is 11.6 Å². The van der Waals surface area contributed by atoms with Crippen LogP contribution in [-0.2, 0) is 9.53 Å². The standard InChI is InChI=1S/C21H29NO5/c1-15(2)27-18-10-9-17(13-19(18)25-3)21(24)26-14-20(23)22-12-11-16-7-5-4-6-8-16/h7,9-10,13,15H,4-6,8,11-12,14H2,1-3H3,(H,22,23). The number of amides is 1. The molecule has 0 heterocycles. The van der Waals surface area contributed by atoms with Crippen molar-refractivity contribution in [1.29, 1.82) is 0 Å². The van der Waals surface area contributed by atoms with E-state index in [1.807, 2.05) is 13.8 Å². The van der Waals surface area contributed by atoms with Gasteiger partial charge in [-0.2, -0.15) is 0 Å². The molecule has 0 fully saturated rings. The first-order chi connectivity index (χ1) is 13.0. The molecule has 0 saturated carbocycles. The maximum absolute atomic E-state index is 12.2. The van der Waals surface area contributed by atoms with Crippen LogP contribution in [0.5, 0.6) is 11.5 Å². The molecule has 27 heavy (non-hydrogen) atoms. The number of hydrogen-bond acceptors (Lipinski definition) is 5. The van der Waals surface area contributed by atoms with Crippen LogP contribution < -0.4 is 14.8 Å². The molecule has 1 N–H and O–H groups in total. The minimum absolute atomic E-state index is 0.00947. The molecule has 0 saturated heterocycles. The highest BCUT2D eigenvalue weighted by Gasteiger charge is 2.14. The predicted molar refractivity (Wildman–Crippen MR) is 103 cm³/mol. The summed E-state index contributed by atoms with van der Waals surface area (Å²) in [5.74, 6) is 0.128. The van der Waals surface area contributed by atoms with E-state index < -0.39 is 5.97 Å². The average Bonchev–Trinajstić information content (AvgIpc) is 2.66. The van der Waals surface area contributed by atoms with E-state index in [0.29, 0.717) is 23.6 Å². The number of benzene rings is 1. The molecule has 0 spiro atoms. The summed E-state index contributed by atoms with van der Waals surface area (Å²) >= 11 is 0. The van der Waals surface area contributed by atoms with E-state index >= 15 is 0 Å². The summed E-state index contributed by atoms with van der Waals surface area (Å²) in [7, 11) is 1.51. The lowest BCUT2D eigenvalue weighted by Gasteiger charge is -2.14. The smallest absolute Gasteiger partial charge is 0.338 e. The first-order valence-corrected chi connectivity index (χ1v) is 9.46. The van der Waals surface area contributed by atoms with Crippen molar-refractivity contribution in [2.24, 2.45) is 0 Å². The molecular formula is C21H29NO5. The minimum Gasteiger partial charge on any atom is -0.493 e. The molecule has 1 amide bonds. The molecule has 1 aromatic rings. The van der Waals surface area contributed by atoms with Gasteiger partial charge in [0.25, 0.3) is 5.91 Å². The number of carbonyl (C=O) groups excluding carboxylic acids is 2. The van der Waals surface area contributed by atoms with Gasteiger partial charge >= 0.3 is 5.97 Å². The number of methoxy groups -OCH3 is 1. The third-order valence-corrected chi connectivity index (χ3v) is 4.25. The van der Waals surface area contributed by atoms with E-state index in [1.165, 1.54) is 25.5 Å². The highest BCUT2D eigenvalue weighted by atomic mass is 16.5. The molecule has 0 bridgehead atoms. The lowest BCUT2D eigenvalue weighted by molar-refractivity contribution is -0.124. The zero-order chi connectivity index (χ0) is 19.6. The van der Waals surface area contributed by atoms with Crippen LogP contribution >= 0.6 is 0 Å². The summed E-state index contributed by atoms with van der Waals surface area (Å²) in [6.45, 7) is 4.08. The number of allylic oxidation sites excluding steroid dienone is 1. The van der Waals surface area contributed by atoms with E-state index in [4.69, 9.17) is 14.2 Å². The molecule has 0 radical (unpaired) electrons. The lowest BCUT2D eigenvalue weighted by Crippen LogP contribution is -2.29. The Kier molecular flexibility index (Phi) is 8.17. The third kappa shape index (κ3) is 6.96. The molecule has 0 aliphatic heterocycles. The number of carbonyl (C=O) groups is 2. The first-order valence-electron chi connectivity index (χ1n) is 9.46. The Morgan fingerprint density at radius 1 is 1.19 bits per heavy atom. The van der Waals surface area contributed by atoms with Crippen molar-refractivity contribution in [3.63, 3.8) is 0 Å². The van der Waals surface area contributed by atoms with Gasteiger partial charge in [-0.05, 0) is 64.2 Å². The van der Waals surface area contributed by atoms with Crippen molar-refractivity contribution in [3.05, 3.63) is 35.4 Å². The van der Waals surface area contributed by atoms with Gasteiger partial charge in [0.05, 0.1) is 18.8 Å². The second-order valence-electron chi connectivity index (χ2n) is 6.82. The summed E-state index contributed by atoms with van der Waals surface area (Å²) in [5.41, 5.74) is 1.71. The normalized spacial score (nSPS) is 13.7. The minimum atomic E-state index is -0.575. The van der Waals surface area contributed by atoms with Crippen molar-refractivity contribution in [3.8, 4) is 11.5 Å². The highest BCUT2D eigenvalue weighted by Crippen LogP contribution is 2.29. The molecule has 0 aromatic heterocycles. The number of rotatable bonds is 9. The Morgan fingerprint density at radius 3 is 2.67 bits per heavy atom. The Morgan fingerprint density at radius 2 is 2.00 bits per heavy atom. The summed E-state index contributed by atoms with van der Waals surface area (Å²) < 4.78 is 16.0. The molecule has 1 aliphatic carbocycles. The third-order valence-electron chi connectivity index (χ3n) is 4.25. The molecule has 1 aliphatic rings. The van der Waals surface area contributed by atoms with Gasteiger partial charge in [0.2, 0.25) is 0 Å². The van der Waals surface area contributed by atoms with Crippen molar-refractivity contribution in [2.45, 2.75) is 52.1 Å². The maximum Gasteiger partial charge on any atom is 0.338 e. The van der Waals surface area contributed by atoms with Crippen LogP contribution in [0.1, 0.15) is 56.3 Å². The first kappa shape index (κ1) is 20.8.